The van der Waals surface area contributed by atoms with E-state index < -0.39 is 0 Å². The third-order valence-corrected chi connectivity index (χ3v) is 7.84. The fourth-order valence-electron chi connectivity index (χ4n) is 5.54. The highest BCUT2D eigenvalue weighted by Crippen LogP contribution is 2.28. The van der Waals surface area contributed by atoms with E-state index in [-0.39, 0.29) is 5.97 Å². The molecule has 0 aromatic heterocycles. The van der Waals surface area contributed by atoms with E-state index in [1.54, 1.807) is 7.11 Å². The van der Waals surface area contributed by atoms with Crippen molar-refractivity contribution in [3.05, 3.63) is 107 Å². The number of ether oxygens (including phenoxy) is 4. The van der Waals surface area contributed by atoms with Crippen molar-refractivity contribution in [2.24, 2.45) is 0 Å². The third kappa shape index (κ3) is 7.68. The molecule has 0 aliphatic carbocycles. The number of methoxy groups -OCH3 is 2. The van der Waals surface area contributed by atoms with Gasteiger partial charge in [-0.15, -0.1) is 0 Å². The average Bonchev–Trinajstić information content (AvgIpc) is 3.05. The van der Waals surface area contributed by atoms with E-state index in [1.807, 2.05) is 42.5 Å². The summed E-state index contributed by atoms with van der Waals surface area (Å²) >= 11 is 0. The molecule has 0 bridgehead atoms. The van der Waals surface area contributed by atoms with Crippen molar-refractivity contribution in [1.29, 1.82) is 0 Å². The minimum Gasteiger partial charge on any atom is -0.496 e. The number of hydrogen-bond acceptors (Lipinski definition) is 7. The summed E-state index contributed by atoms with van der Waals surface area (Å²) in [6.07, 6.45) is 1.90. The van der Waals surface area contributed by atoms with Crippen LogP contribution in [0, 0.1) is 0 Å². The molecule has 7 nitrogen and oxygen atoms in total. The second-order valence-electron chi connectivity index (χ2n) is 10.6. The maximum absolute atomic E-state index is 11.9. The Kier molecular flexibility index (Phi) is 10.4. The molecule has 42 heavy (non-hydrogen) atoms. The number of carbonyl (C=O) groups excluding carboxylic acids is 1. The van der Waals surface area contributed by atoms with Gasteiger partial charge in [0.1, 0.15) is 11.5 Å². The van der Waals surface area contributed by atoms with Crippen LogP contribution in [0.3, 0.4) is 0 Å². The second kappa shape index (κ2) is 14.8. The number of rotatable bonds is 13. The predicted octanol–water partition coefficient (Wildman–Crippen LogP) is 5.86. The molecule has 2 atom stereocenters. The highest BCUT2D eigenvalue weighted by molar-refractivity contribution is 5.95. The molecule has 4 aromatic rings. The Morgan fingerprint density at radius 1 is 0.929 bits per heavy atom. The summed E-state index contributed by atoms with van der Waals surface area (Å²) in [5.41, 5.74) is 4.16. The van der Waals surface area contributed by atoms with Gasteiger partial charge in [0.25, 0.3) is 0 Å². The molecule has 1 heterocycles. The van der Waals surface area contributed by atoms with E-state index in [9.17, 15) is 4.79 Å². The minimum absolute atomic E-state index is 0.316. The smallest absolute Gasteiger partial charge is 0.337 e. The molecule has 4 aromatic carbocycles. The zero-order valence-corrected chi connectivity index (χ0v) is 24.4. The average molecular weight is 569 g/mol. The summed E-state index contributed by atoms with van der Waals surface area (Å²) in [4.78, 5) is 11.9. The van der Waals surface area contributed by atoms with E-state index in [2.05, 4.69) is 53.1 Å². The van der Waals surface area contributed by atoms with Gasteiger partial charge in [-0.05, 0) is 71.3 Å². The minimum atomic E-state index is -0.316. The topological polar surface area (TPSA) is 78.1 Å². The van der Waals surface area contributed by atoms with Crippen molar-refractivity contribution >= 4 is 16.7 Å². The van der Waals surface area contributed by atoms with Crippen molar-refractivity contribution in [2.75, 3.05) is 40.5 Å². The van der Waals surface area contributed by atoms with Gasteiger partial charge in [-0.2, -0.15) is 0 Å². The summed E-state index contributed by atoms with van der Waals surface area (Å²) < 4.78 is 22.0. The summed E-state index contributed by atoms with van der Waals surface area (Å²) in [7, 11) is 3.08. The molecule has 2 N–H and O–H groups in total. The number of benzene rings is 4. The Bertz CT molecular complexity index is 1460. The van der Waals surface area contributed by atoms with E-state index in [4.69, 9.17) is 18.9 Å². The molecule has 0 radical (unpaired) electrons. The van der Waals surface area contributed by atoms with E-state index in [0.29, 0.717) is 37.3 Å². The first kappa shape index (κ1) is 29.6. The van der Waals surface area contributed by atoms with Crippen LogP contribution in [0.2, 0.25) is 0 Å². The Morgan fingerprint density at radius 2 is 1.74 bits per heavy atom. The maximum Gasteiger partial charge on any atom is 0.337 e. The number of fused-ring (bicyclic) bond motifs is 1. The van der Waals surface area contributed by atoms with Crippen molar-refractivity contribution in [1.82, 2.24) is 10.6 Å². The molecule has 1 aliphatic heterocycles. The van der Waals surface area contributed by atoms with Gasteiger partial charge in [0.15, 0.2) is 0 Å². The van der Waals surface area contributed by atoms with Gasteiger partial charge in [0.2, 0.25) is 0 Å². The standard InChI is InChI=1S/C35H40N2O5/c1-39-34-7-4-3-6-30(34)24-41-18-5-19-42-31-14-12-26(13-15-31)32-16-17-36-23-33(32)37-22-25-8-9-28-21-29(35(38)40-2)11-10-27(28)20-25/h3-4,6-15,20-21,32-33,36-37H,5,16-19,22-24H2,1-2H3. The summed E-state index contributed by atoms with van der Waals surface area (Å²) in [6.45, 7) is 4.48. The van der Waals surface area contributed by atoms with Gasteiger partial charge >= 0.3 is 5.97 Å². The molecule has 1 aliphatic rings. The van der Waals surface area contributed by atoms with Crippen molar-refractivity contribution in [3.8, 4) is 11.5 Å². The Hall–Kier alpha value is -3.91. The molecule has 1 fully saturated rings. The third-order valence-electron chi connectivity index (χ3n) is 7.84. The van der Waals surface area contributed by atoms with Gasteiger partial charge < -0.3 is 29.6 Å². The highest BCUT2D eigenvalue weighted by Gasteiger charge is 2.26. The lowest BCUT2D eigenvalue weighted by atomic mass is 9.86. The zero-order chi connectivity index (χ0) is 29.1. The van der Waals surface area contributed by atoms with Crippen LogP contribution in [0.4, 0.5) is 0 Å². The Morgan fingerprint density at radius 3 is 2.57 bits per heavy atom. The Balaban J connectivity index is 1.09. The van der Waals surface area contributed by atoms with Crippen LogP contribution in [-0.4, -0.2) is 52.5 Å². The van der Waals surface area contributed by atoms with Crippen LogP contribution in [0.25, 0.3) is 10.8 Å². The van der Waals surface area contributed by atoms with E-state index in [1.165, 1.54) is 18.2 Å². The van der Waals surface area contributed by atoms with Crippen molar-refractivity contribution in [3.63, 3.8) is 0 Å². The molecule has 7 heteroatoms. The predicted molar refractivity (Wildman–Crippen MR) is 165 cm³/mol. The van der Waals surface area contributed by atoms with Crippen molar-refractivity contribution < 1.29 is 23.7 Å². The lowest BCUT2D eigenvalue weighted by molar-refractivity contribution is 0.0601. The van der Waals surface area contributed by atoms with Crippen LogP contribution >= 0.6 is 0 Å². The molecule has 5 rings (SSSR count). The molecular weight excluding hydrogens is 528 g/mol. The maximum atomic E-state index is 11.9. The van der Waals surface area contributed by atoms with Crippen LogP contribution in [-0.2, 0) is 22.6 Å². The molecule has 0 saturated carbocycles. The first-order valence-corrected chi connectivity index (χ1v) is 14.6. The van der Waals surface area contributed by atoms with Crippen molar-refractivity contribution in [2.45, 2.75) is 38.0 Å². The lowest BCUT2D eigenvalue weighted by Crippen LogP contribution is -2.47. The zero-order valence-electron chi connectivity index (χ0n) is 24.4. The lowest BCUT2D eigenvalue weighted by Gasteiger charge is -2.33. The van der Waals surface area contributed by atoms with Gasteiger partial charge in [-0.25, -0.2) is 4.79 Å². The fraction of sp³-hybridized carbons (Fsp3) is 0.343. The monoisotopic (exact) mass is 568 g/mol. The number of para-hydroxylation sites is 1. The molecule has 0 spiro atoms. The SMILES string of the molecule is COC(=O)c1ccc2cc(CNC3CNCCC3c3ccc(OCCCOCc4ccccc4OC)cc3)ccc2c1. The number of carbonyl (C=O) groups is 1. The Labute approximate surface area is 248 Å². The van der Waals surface area contributed by atoms with Crippen LogP contribution in [0.1, 0.15) is 45.8 Å². The van der Waals surface area contributed by atoms with Gasteiger partial charge in [0, 0.05) is 37.0 Å². The van der Waals surface area contributed by atoms with Crippen LogP contribution in [0.15, 0.2) is 84.9 Å². The van der Waals surface area contributed by atoms with Gasteiger partial charge in [0.05, 0.1) is 39.6 Å². The molecule has 2 unspecified atom stereocenters. The highest BCUT2D eigenvalue weighted by atomic mass is 16.5. The molecular formula is C35H40N2O5. The fourth-order valence-corrected chi connectivity index (χ4v) is 5.54. The summed E-state index contributed by atoms with van der Waals surface area (Å²) in [6, 6.07) is 28.9. The van der Waals surface area contributed by atoms with Gasteiger partial charge in [-0.3, -0.25) is 0 Å². The van der Waals surface area contributed by atoms with E-state index in [0.717, 1.165) is 60.3 Å². The quantitative estimate of drug-likeness (QED) is 0.155. The number of esters is 1. The van der Waals surface area contributed by atoms with Crippen LogP contribution in [0.5, 0.6) is 11.5 Å². The second-order valence-corrected chi connectivity index (χ2v) is 10.6. The first-order chi connectivity index (χ1) is 20.6. The first-order valence-electron chi connectivity index (χ1n) is 14.6. The number of hydrogen-bond donors (Lipinski definition) is 2. The van der Waals surface area contributed by atoms with Gasteiger partial charge in [-0.1, -0.05) is 48.5 Å². The normalized spacial score (nSPS) is 16.7. The summed E-state index contributed by atoms with van der Waals surface area (Å²) in [5.74, 6) is 1.84. The van der Waals surface area contributed by atoms with E-state index >= 15 is 0 Å². The number of nitrogens with one attached hydrogen (secondary N) is 2. The number of piperidine rings is 1. The molecule has 0 amide bonds. The molecule has 220 valence electrons. The van der Waals surface area contributed by atoms with Crippen LogP contribution < -0.4 is 20.1 Å². The largest absolute Gasteiger partial charge is 0.496 e. The summed E-state index contributed by atoms with van der Waals surface area (Å²) in [5, 5.41) is 9.47. The molecule has 1 saturated heterocycles.